The smallest absolute Gasteiger partial charge is 0.232 e. The quantitative estimate of drug-likeness (QED) is 0.490. The molecule has 0 aromatic rings. The molecule has 7 rings (SSSR count). The van der Waals surface area contributed by atoms with E-state index >= 15 is 0 Å². The number of amides is 2. The zero-order valence-corrected chi connectivity index (χ0v) is 27.2. The summed E-state index contributed by atoms with van der Waals surface area (Å²) in [5, 5.41) is 3.24. The first-order chi connectivity index (χ1) is 20.4. The number of ether oxygens (including phenoxy) is 2. The summed E-state index contributed by atoms with van der Waals surface area (Å²) in [7, 11) is 2.07. The predicted molar refractivity (Wildman–Crippen MR) is 163 cm³/mol. The van der Waals surface area contributed by atoms with E-state index in [2.05, 4.69) is 45.0 Å². The Bertz CT molecular complexity index is 1130. The molecule has 1 N–H and O–H groups in total. The van der Waals surface area contributed by atoms with Gasteiger partial charge in [-0.2, -0.15) is 0 Å². The molecule has 7 fully saturated rings. The summed E-state index contributed by atoms with van der Waals surface area (Å²) < 4.78 is 13.3. The van der Waals surface area contributed by atoms with E-state index in [1.54, 1.807) is 0 Å². The molecule has 43 heavy (non-hydrogen) atoms. The predicted octanol–water partition coefficient (Wildman–Crippen LogP) is 4.26. The molecule has 8 heteroatoms. The average molecular weight is 598 g/mol. The van der Waals surface area contributed by atoms with Crippen molar-refractivity contribution in [3.8, 4) is 0 Å². The van der Waals surface area contributed by atoms with Gasteiger partial charge >= 0.3 is 0 Å². The van der Waals surface area contributed by atoms with Crippen LogP contribution in [0.2, 0.25) is 0 Å². The molecule has 0 aromatic heterocycles. The van der Waals surface area contributed by atoms with Crippen molar-refractivity contribution in [2.75, 3.05) is 39.8 Å². The lowest BCUT2D eigenvalue weighted by Gasteiger charge is -2.60. The molecular formula is C35H55N3O5. The highest BCUT2D eigenvalue weighted by atomic mass is 16.7. The van der Waals surface area contributed by atoms with Crippen molar-refractivity contribution in [3.63, 3.8) is 0 Å². The maximum Gasteiger partial charge on any atom is 0.232 e. The third-order valence-electron chi connectivity index (χ3n) is 14.3. The monoisotopic (exact) mass is 597 g/mol. The Labute approximate surface area is 258 Å². The Balaban J connectivity index is 0.997. The second-order valence-corrected chi connectivity index (χ2v) is 16.4. The standard InChI is InChI=1S/C35H55N3O5/c1-21-8-11-35(42-20-21)22(2)32-28(43-35)17-27-25-7-6-23-16-24(9-10-33(23,3)26(25)18-29(39)34(27,32)4)36-30(40)19-31(41)38-14-12-37(5)13-15-38/h21-28,32H,6-20H2,1-5H3,(H,36,40)/t21-,22+,23+,24-,25-,26+,27+,28+,32+,33+,34-,35-/m1/s1. The molecule has 3 saturated heterocycles. The van der Waals surface area contributed by atoms with Crippen LogP contribution in [0.4, 0.5) is 0 Å². The van der Waals surface area contributed by atoms with Crippen LogP contribution >= 0.6 is 0 Å². The van der Waals surface area contributed by atoms with Gasteiger partial charge in [-0.05, 0) is 87.0 Å². The number of hydrogen-bond acceptors (Lipinski definition) is 6. The van der Waals surface area contributed by atoms with E-state index in [1.807, 2.05) is 4.90 Å². The van der Waals surface area contributed by atoms with Crippen LogP contribution in [0.15, 0.2) is 0 Å². The largest absolute Gasteiger partial charge is 0.353 e. The van der Waals surface area contributed by atoms with Crippen LogP contribution in [0.25, 0.3) is 0 Å². The molecule has 3 aliphatic heterocycles. The molecule has 12 atom stereocenters. The number of hydrogen-bond donors (Lipinski definition) is 1. The van der Waals surface area contributed by atoms with E-state index < -0.39 is 5.79 Å². The molecule has 0 bridgehead atoms. The summed E-state index contributed by atoms with van der Waals surface area (Å²) in [5.41, 5.74) is -0.184. The Morgan fingerprint density at radius 2 is 1.74 bits per heavy atom. The Kier molecular flexibility index (Phi) is 7.57. The zero-order valence-electron chi connectivity index (χ0n) is 27.2. The third kappa shape index (κ3) is 4.74. The number of nitrogens with one attached hydrogen (secondary N) is 1. The number of carbonyl (C=O) groups excluding carboxylic acids is 3. The molecular weight excluding hydrogens is 542 g/mol. The van der Waals surface area contributed by atoms with Crippen LogP contribution in [0, 0.1) is 52.3 Å². The number of likely N-dealkylation sites (N-methyl/N-ethyl adjacent to an activating group) is 1. The zero-order chi connectivity index (χ0) is 30.3. The molecule has 1 spiro atoms. The van der Waals surface area contributed by atoms with Gasteiger partial charge in [0.05, 0.1) is 12.7 Å². The van der Waals surface area contributed by atoms with Gasteiger partial charge in [0.2, 0.25) is 11.8 Å². The van der Waals surface area contributed by atoms with Crippen LogP contribution in [0.5, 0.6) is 0 Å². The lowest BCUT2D eigenvalue weighted by atomic mass is 9.44. The van der Waals surface area contributed by atoms with Crippen molar-refractivity contribution in [1.82, 2.24) is 15.1 Å². The maximum absolute atomic E-state index is 14.3. The van der Waals surface area contributed by atoms with Crippen molar-refractivity contribution in [3.05, 3.63) is 0 Å². The van der Waals surface area contributed by atoms with Crippen LogP contribution in [0.3, 0.4) is 0 Å². The Morgan fingerprint density at radius 1 is 0.977 bits per heavy atom. The van der Waals surface area contributed by atoms with Crippen molar-refractivity contribution < 1.29 is 23.9 Å². The van der Waals surface area contributed by atoms with Gasteiger partial charge in [-0.25, -0.2) is 0 Å². The van der Waals surface area contributed by atoms with E-state index in [0.29, 0.717) is 54.9 Å². The number of rotatable bonds is 3. The van der Waals surface area contributed by atoms with Gasteiger partial charge in [-0.3, -0.25) is 14.4 Å². The van der Waals surface area contributed by atoms with Gasteiger partial charge in [0.25, 0.3) is 0 Å². The summed E-state index contributed by atoms with van der Waals surface area (Å²) in [4.78, 5) is 44.0. The van der Waals surface area contributed by atoms with Gasteiger partial charge in [-0.1, -0.05) is 27.7 Å². The Morgan fingerprint density at radius 3 is 2.47 bits per heavy atom. The van der Waals surface area contributed by atoms with E-state index in [1.165, 1.54) is 12.8 Å². The summed E-state index contributed by atoms with van der Waals surface area (Å²) in [6.07, 6.45) is 9.15. The number of fused-ring (bicyclic) bond motifs is 7. The molecule has 240 valence electrons. The molecule has 4 aliphatic carbocycles. The number of piperazine rings is 1. The average Bonchev–Trinajstić information content (AvgIpc) is 3.42. The van der Waals surface area contributed by atoms with E-state index in [-0.39, 0.29) is 53.0 Å². The SMILES string of the molecule is C[C@@H]1CC[C@@]2(OC1)O[C@H]1C[C@H]3[C@@H]4CC[C@H]5C[C@H](NC(=O)CC(=O)N6CCN(C)CC6)CC[C@]5(C)[C@H]4CC(=O)[C@]3(C)[C@H]1[C@@H]2C. The van der Waals surface area contributed by atoms with Crippen molar-refractivity contribution in [2.45, 2.75) is 110 Å². The number of nitrogens with zero attached hydrogens (tertiary/aromatic N) is 2. The molecule has 0 radical (unpaired) electrons. The molecule has 0 aromatic carbocycles. The van der Waals surface area contributed by atoms with E-state index in [9.17, 15) is 14.4 Å². The molecule has 2 amide bonds. The minimum absolute atomic E-state index is 0.0458. The second kappa shape index (κ2) is 10.8. The minimum atomic E-state index is -0.492. The van der Waals surface area contributed by atoms with Gasteiger partial charge in [-0.15, -0.1) is 0 Å². The number of carbonyl (C=O) groups is 3. The maximum atomic E-state index is 14.3. The van der Waals surface area contributed by atoms with Gasteiger partial charge in [0.1, 0.15) is 12.2 Å². The summed E-state index contributed by atoms with van der Waals surface area (Å²) in [6, 6.07) is 0.126. The highest BCUT2D eigenvalue weighted by molar-refractivity contribution is 5.97. The summed E-state index contributed by atoms with van der Waals surface area (Å²) >= 11 is 0. The van der Waals surface area contributed by atoms with Gasteiger partial charge in [0.15, 0.2) is 5.79 Å². The molecule has 8 nitrogen and oxygen atoms in total. The van der Waals surface area contributed by atoms with E-state index in [0.717, 1.165) is 58.2 Å². The van der Waals surface area contributed by atoms with Crippen LogP contribution in [0.1, 0.15) is 91.9 Å². The number of ketones is 1. The van der Waals surface area contributed by atoms with Crippen LogP contribution in [-0.4, -0.2) is 85.2 Å². The fourth-order valence-electron chi connectivity index (χ4n) is 11.7. The van der Waals surface area contributed by atoms with Gasteiger partial charge < -0.3 is 24.6 Å². The molecule has 0 unspecified atom stereocenters. The van der Waals surface area contributed by atoms with Crippen LogP contribution in [-0.2, 0) is 23.9 Å². The summed E-state index contributed by atoms with van der Waals surface area (Å²) in [5.74, 6) is 2.77. The Hall–Kier alpha value is -1.51. The lowest BCUT2D eigenvalue weighted by Crippen LogP contribution is -2.59. The lowest BCUT2D eigenvalue weighted by molar-refractivity contribution is -0.272. The second-order valence-electron chi connectivity index (χ2n) is 16.4. The molecule has 3 heterocycles. The number of Topliss-reactive ketones (excluding diaryl/α,β-unsaturated/α-hetero) is 1. The van der Waals surface area contributed by atoms with Gasteiger partial charge in [0, 0.05) is 62.3 Å². The highest BCUT2D eigenvalue weighted by Gasteiger charge is 2.71. The molecule has 4 saturated carbocycles. The van der Waals surface area contributed by atoms with Crippen molar-refractivity contribution >= 4 is 17.6 Å². The van der Waals surface area contributed by atoms with Crippen LogP contribution < -0.4 is 5.32 Å². The molecule has 7 aliphatic rings. The van der Waals surface area contributed by atoms with Crippen molar-refractivity contribution in [2.24, 2.45) is 52.3 Å². The fraction of sp³-hybridized carbons (Fsp3) is 0.914. The minimum Gasteiger partial charge on any atom is -0.353 e. The third-order valence-corrected chi connectivity index (χ3v) is 14.3. The van der Waals surface area contributed by atoms with E-state index in [4.69, 9.17) is 9.47 Å². The first-order valence-corrected chi connectivity index (χ1v) is 17.6. The normalized spacial score (nSPS) is 49.7. The summed E-state index contributed by atoms with van der Waals surface area (Å²) in [6.45, 7) is 13.2. The fourth-order valence-corrected chi connectivity index (χ4v) is 11.7. The first-order valence-electron chi connectivity index (χ1n) is 17.6. The first kappa shape index (κ1) is 30.2. The highest BCUT2D eigenvalue weighted by Crippen LogP contribution is 2.70. The van der Waals surface area contributed by atoms with Crippen molar-refractivity contribution in [1.29, 1.82) is 0 Å². The topological polar surface area (TPSA) is 88.2 Å².